The zero-order valence-corrected chi connectivity index (χ0v) is 15.1. The van der Waals surface area contributed by atoms with E-state index in [1.54, 1.807) is 16.2 Å². The molecule has 128 valence electrons. The lowest BCUT2D eigenvalue weighted by molar-refractivity contribution is 0.0787. The van der Waals surface area contributed by atoms with E-state index in [2.05, 4.69) is 11.0 Å². The van der Waals surface area contributed by atoms with Crippen LogP contribution in [0.25, 0.3) is 10.9 Å². The first-order valence-corrected chi connectivity index (χ1v) is 9.53. The molecule has 0 unspecified atom stereocenters. The summed E-state index contributed by atoms with van der Waals surface area (Å²) in [5, 5.41) is 3.05. The van der Waals surface area contributed by atoms with Crippen LogP contribution in [0.4, 0.5) is 5.82 Å². The van der Waals surface area contributed by atoms with Gasteiger partial charge in [0.2, 0.25) is 0 Å². The SMILES string of the molecule is CN(Cc1cccs1)C(=O)c1cc2ccccc2nc1N1CCCC1. The van der Waals surface area contributed by atoms with Crippen LogP contribution in [0.2, 0.25) is 0 Å². The molecule has 0 aliphatic carbocycles. The van der Waals surface area contributed by atoms with Gasteiger partial charge in [-0.2, -0.15) is 0 Å². The Hall–Kier alpha value is -2.40. The molecule has 25 heavy (non-hydrogen) atoms. The number of thiophene rings is 1. The number of anilines is 1. The van der Waals surface area contributed by atoms with Gasteiger partial charge in [-0.3, -0.25) is 4.79 Å². The van der Waals surface area contributed by atoms with Crippen LogP contribution < -0.4 is 4.90 Å². The molecule has 4 nitrogen and oxygen atoms in total. The molecule has 0 saturated carbocycles. The first-order valence-electron chi connectivity index (χ1n) is 8.65. The lowest BCUT2D eigenvalue weighted by atomic mass is 10.1. The van der Waals surface area contributed by atoms with Crippen LogP contribution in [0.5, 0.6) is 0 Å². The summed E-state index contributed by atoms with van der Waals surface area (Å²) >= 11 is 1.68. The van der Waals surface area contributed by atoms with Crippen molar-refractivity contribution in [2.45, 2.75) is 19.4 Å². The average molecular weight is 351 g/mol. The lowest BCUT2D eigenvalue weighted by Crippen LogP contribution is -2.29. The molecule has 0 atom stereocenters. The fourth-order valence-corrected chi connectivity index (χ4v) is 4.10. The quantitative estimate of drug-likeness (QED) is 0.708. The molecule has 1 aromatic carbocycles. The maximum absolute atomic E-state index is 13.2. The molecule has 0 radical (unpaired) electrons. The first-order chi connectivity index (χ1) is 12.2. The van der Waals surface area contributed by atoms with E-state index < -0.39 is 0 Å². The number of carbonyl (C=O) groups excluding carboxylic acids is 1. The number of amides is 1. The van der Waals surface area contributed by atoms with Gasteiger partial charge >= 0.3 is 0 Å². The average Bonchev–Trinajstić information content (AvgIpc) is 3.33. The van der Waals surface area contributed by atoms with Crippen LogP contribution in [0, 0.1) is 0 Å². The van der Waals surface area contributed by atoms with Crippen molar-refractivity contribution in [1.29, 1.82) is 0 Å². The lowest BCUT2D eigenvalue weighted by Gasteiger charge is -2.23. The third kappa shape index (κ3) is 3.24. The molecule has 3 heterocycles. The van der Waals surface area contributed by atoms with E-state index in [9.17, 15) is 4.79 Å². The van der Waals surface area contributed by atoms with Crippen LogP contribution >= 0.6 is 11.3 Å². The molecule has 1 amide bonds. The summed E-state index contributed by atoms with van der Waals surface area (Å²) in [6.45, 7) is 2.57. The molecular formula is C20H21N3OS. The first kappa shape index (κ1) is 16.1. The van der Waals surface area contributed by atoms with E-state index in [1.807, 2.05) is 48.8 Å². The molecule has 1 fully saturated rings. The Morgan fingerprint density at radius 1 is 1.20 bits per heavy atom. The molecule has 3 aromatic rings. The zero-order chi connectivity index (χ0) is 17.2. The van der Waals surface area contributed by atoms with Gasteiger partial charge < -0.3 is 9.80 Å². The van der Waals surface area contributed by atoms with Crippen molar-refractivity contribution < 1.29 is 4.79 Å². The second kappa shape index (κ2) is 6.84. The monoisotopic (exact) mass is 351 g/mol. The smallest absolute Gasteiger partial charge is 0.257 e. The number of nitrogens with zero attached hydrogens (tertiary/aromatic N) is 3. The second-order valence-corrected chi connectivity index (χ2v) is 7.52. The third-order valence-corrected chi connectivity index (χ3v) is 5.52. The molecule has 1 aliphatic heterocycles. The topological polar surface area (TPSA) is 36.4 Å². The highest BCUT2D eigenvalue weighted by Gasteiger charge is 2.24. The van der Waals surface area contributed by atoms with Crippen LogP contribution in [0.15, 0.2) is 47.8 Å². The number of para-hydroxylation sites is 1. The summed E-state index contributed by atoms with van der Waals surface area (Å²) in [7, 11) is 1.87. The van der Waals surface area contributed by atoms with Crippen molar-refractivity contribution in [3.63, 3.8) is 0 Å². The Labute approximate surface area is 151 Å². The highest BCUT2D eigenvalue weighted by Crippen LogP contribution is 2.28. The highest BCUT2D eigenvalue weighted by molar-refractivity contribution is 7.09. The fraction of sp³-hybridized carbons (Fsp3) is 0.300. The van der Waals surface area contributed by atoms with Gasteiger partial charge in [0, 0.05) is 30.4 Å². The largest absolute Gasteiger partial charge is 0.356 e. The highest BCUT2D eigenvalue weighted by atomic mass is 32.1. The molecule has 1 saturated heterocycles. The van der Waals surface area contributed by atoms with Gasteiger partial charge in [0.05, 0.1) is 17.6 Å². The van der Waals surface area contributed by atoms with Crippen molar-refractivity contribution in [2.24, 2.45) is 0 Å². The molecule has 4 rings (SSSR count). The van der Waals surface area contributed by atoms with Crippen molar-refractivity contribution in [3.8, 4) is 0 Å². The maximum atomic E-state index is 13.2. The maximum Gasteiger partial charge on any atom is 0.257 e. The molecule has 0 N–H and O–H groups in total. The number of fused-ring (bicyclic) bond motifs is 1. The minimum absolute atomic E-state index is 0.0357. The molecule has 0 bridgehead atoms. The van der Waals surface area contributed by atoms with E-state index in [0.29, 0.717) is 12.1 Å². The minimum Gasteiger partial charge on any atom is -0.356 e. The number of hydrogen-bond acceptors (Lipinski definition) is 4. The van der Waals surface area contributed by atoms with Gasteiger partial charge in [0.1, 0.15) is 5.82 Å². The summed E-state index contributed by atoms with van der Waals surface area (Å²) < 4.78 is 0. The summed E-state index contributed by atoms with van der Waals surface area (Å²) in [5.41, 5.74) is 1.65. The van der Waals surface area contributed by atoms with Gasteiger partial charge in [-0.05, 0) is 36.4 Å². The summed E-state index contributed by atoms with van der Waals surface area (Å²) in [6.07, 6.45) is 2.32. The van der Waals surface area contributed by atoms with E-state index in [0.717, 1.165) is 42.7 Å². The predicted octanol–water partition coefficient (Wildman–Crippen LogP) is 4.17. The van der Waals surface area contributed by atoms with Crippen molar-refractivity contribution >= 4 is 34.0 Å². The Kier molecular flexibility index (Phi) is 4.40. The van der Waals surface area contributed by atoms with Gasteiger partial charge in [-0.1, -0.05) is 24.3 Å². The Balaban J connectivity index is 1.72. The molecular weight excluding hydrogens is 330 g/mol. The van der Waals surface area contributed by atoms with Crippen molar-refractivity contribution in [1.82, 2.24) is 9.88 Å². The van der Waals surface area contributed by atoms with Gasteiger partial charge in [-0.15, -0.1) is 11.3 Å². The van der Waals surface area contributed by atoms with Gasteiger partial charge in [-0.25, -0.2) is 4.98 Å². The van der Waals surface area contributed by atoms with Crippen LogP contribution in [-0.2, 0) is 6.54 Å². The number of aromatic nitrogens is 1. The molecule has 0 spiro atoms. The minimum atomic E-state index is 0.0357. The Morgan fingerprint density at radius 3 is 2.76 bits per heavy atom. The summed E-state index contributed by atoms with van der Waals surface area (Å²) in [6, 6.07) is 14.1. The number of pyridine rings is 1. The van der Waals surface area contributed by atoms with Gasteiger partial charge in [0.25, 0.3) is 5.91 Å². The predicted molar refractivity (Wildman–Crippen MR) is 103 cm³/mol. The van der Waals surface area contributed by atoms with E-state index >= 15 is 0 Å². The van der Waals surface area contributed by atoms with Gasteiger partial charge in [0.15, 0.2) is 0 Å². The van der Waals surface area contributed by atoms with E-state index in [4.69, 9.17) is 4.98 Å². The van der Waals surface area contributed by atoms with Crippen molar-refractivity contribution in [2.75, 3.05) is 25.0 Å². The Bertz CT molecular complexity index is 885. The van der Waals surface area contributed by atoms with E-state index in [1.165, 1.54) is 4.88 Å². The number of benzene rings is 1. The normalized spacial score (nSPS) is 14.2. The van der Waals surface area contributed by atoms with E-state index in [-0.39, 0.29) is 5.91 Å². The second-order valence-electron chi connectivity index (χ2n) is 6.49. The molecule has 5 heteroatoms. The van der Waals surface area contributed by atoms with Crippen LogP contribution in [-0.4, -0.2) is 35.9 Å². The molecule has 1 aliphatic rings. The van der Waals surface area contributed by atoms with Crippen molar-refractivity contribution in [3.05, 3.63) is 58.3 Å². The summed E-state index contributed by atoms with van der Waals surface area (Å²) in [5.74, 6) is 0.868. The number of rotatable bonds is 4. The third-order valence-electron chi connectivity index (χ3n) is 4.66. The molecule has 2 aromatic heterocycles. The number of hydrogen-bond donors (Lipinski definition) is 0. The fourth-order valence-electron chi connectivity index (χ4n) is 3.35. The standard InChI is InChI=1S/C20H21N3OS/c1-22(14-16-8-6-12-25-16)20(24)17-13-15-7-2-3-9-18(15)21-19(17)23-10-4-5-11-23/h2-3,6-9,12-13H,4-5,10-11,14H2,1H3. The summed E-state index contributed by atoms with van der Waals surface area (Å²) in [4.78, 5) is 23.2. The van der Waals surface area contributed by atoms with Crippen LogP contribution in [0.1, 0.15) is 28.1 Å². The number of carbonyl (C=O) groups is 1. The van der Waals surface area contributed by atoms with Crippen LogP contribution in [0.3, 0.4) is 0 Å². The zero-order valence-electron chi connectivity index (χ0n) is 14.3. The Morgan fingerprint density at radius 2 is 2.00 bits per heavy atom.